The van der Waals surface area contributed by atoms with E-state index in [1.807, 2.05) is 0 Å². The van der Waals surface area contributed by atoms with Crippen molar-refractivity contribution in [2.75, 3.05) is 0 Å². The minimum absolute atomic E-state index is 0.460. The van der Waals surface area contributed by atoms with E-state index in [1.165, 1.54) is 12.8 Å². The minimum Gasteiger partial charge on any atom is -0.328 e. The van der Waals surface area contributed by atoms with Crippen LogP contribution in [-0.4, -0.2) is 33.9 Å². The maximum absolute atomic E-state index is 10.4. The molecule has 0 aromatic rings. The highest BCUT2D eigenvalue weighted by atomic mass is 16.9. The summed E-state index contributed by atoms with van der Waals surface area (Å²) in [7, 11) is 0. The fraction of sp³-hybridized carbons (Fsp3) is 0.857. The van der Waals surface area contributed by atoms with Crippen molar-refractivity contribution < 1.29 is 19.9 Å². The van der Waals surface area contributed by atoms with Crippen LogP contribution in [0, 0.1) is 10.1 Å². The number of nitrogens with zero attached hydrogens (tertiary/aromatic N) is 1. The van der Waals surface area contributed by atoms with Crippen LogP contribution < -0.4 is 11.5 Å². The van der Waals surface area contributed by atoms with Crippen LogP contribution in [0.2, 0.25) is 0 Å². The average Bonchev–Trinajstić information content (AvgIpc) is 2.49. The van der Waals surface area contributed by atoms with Gasteiger partial charge in [-0.15, -0.1) is 10.1 Å². The molecule has 0 unspecified atom stereocenters. The van der Waals surface area contributed by atoms with Gasteiger partial charge in [0, 0.05) is 0 Å². The lowest BCUT2D eigenvalue weighted by atomic mass is 9.84. The predicted molar refractivity (Wildman–Crippen MR) is 80.9 cm³/mol. The standard InChI is InChI=1S/2C7H13NO.HNO3/c2*8-7(6-9)4-2-1-3-5-7;2-1(3)4/h2*6H,1-5,8H2;(H,2,3,4). The number of aldehydes is 2. The lowest BCUT2D eigenvalue weighted by molar-refractivity contribution is -0.742. The Kier molecular flexibility index (Phi) is 9.51. The van der Waals surface area contributed by atoms with Gasteiger partial charge < -0.3 is 26.3 Å². The minimum atomic E-state index is -1.50. The molecule has 8 nitrogen and oxygen atoms in total. The highest BCUT2D eigenvalue weighted by molar-refractivity contribution is 5.64. The van der Waals surface area contributed by atoms with E-state index in [0.717, 1.165) is 63.9 Å². The summed E-state index contributed by atoms with van der Waals surface area (Å²) < 4.78 is 0. The molecule has 0 spiro atoms. The first-order valence-corrected chi connectivity index (χ1v) is 7.61. The molecule has 0 amide bonds. The molecule has 2 aliphatic rings. The second-order valence-corrected chi connectivity index (χ2v) is 6.06. The Morgan fingerprint density at radius 2 is 1.05 bits per heavy atom. The Hall–Kier alpha value is -1.54. The van der Waals surface area contributed by atoms with Crippen molar-refractivity contribution in [3.63, 3.8) is 0 Å². The highest BCUT2D eigenvalue weighted by Gasteiger charge is 2.26. The smallest absolute Gasteiger partial charge is 0.291 e. The van der Waals surface area contributed by atoms with Crippen LogP contribution in [0.25, 0.3) is 0 Å². The molecule has 5 N–H and O–H groups in total. The van der Waals surface area contributed by atoms with Crippen LogP contribution in [-0.2, 0) is 9.59 Å². The van der Waals surface area contributed by atoms with Crippen molar-refractivity contribution in [1.82, 2.24) is 0 Å². The maximum atomic E-state index is 10.4. The van der Waals surface area contributed by atoms with Gasteiger partial charge in [0.2, 0.25) is 0 Å². The van der Waals surface area contributed by atoms with Gasteiger partial charge in [-0.1, -0.05) is 38.5 Å². The largest absolute Gasteiger partial charge is 0.328 e. The van der Waals surface area contributed by atoms with E-state index < -0.39 is 16.2 Å². The number of hydrogen-bond acceptors (Lipinski definition) is 6. The Balaban J connectivity index is 0.000000326. The Labute approximate surface area is 130 Å². The van der Waals surface area contributed by atoms with E-state index in [0.29, 0.717) is 0 Å². The van der Waals surface area contributed by atoms with Crippen LogP contribution in [0.4, 0.5) is 0 Å². The Bertz CT molecular complexity index is 318. The van der Waals surface area contributed by atoms with E-state index in [-0.39, 0.29) is 0 Å². The zero-order valence-electron chi connectivity index (χ0n) is 12.9. The van der Waals surface area contributed by atoms with E-state index in [4.69, 9.17) is 26.8 Å². The van der Waals surface area contributed by atoms with Gasteiger partial charge in [0.1, 0.15) is 12.6 Å². The van der Waals surface area contributed by atoms with Crippen LogP contribution in [0.1, 0.15) is 64.2 Å². The molecule has 8 heteroatoms. The summed E-state index contributed by atoms with van der Waals surface area (Å²) >= 11 is 0. The topological polar surface area (TPSA) is 150 Å². The van der Waals surface area contributed by atoms with E-state index in [2.05, 4.69) is 0 Å². The molecule has 2 saturated carbocycles. The third-order valence-electron chi connectivity index (χ3n) is 4.04. The summed E-state index contributed by atoms with van der Waals surface area (Å²) in [6, 6.07) is 0. The van der Waals surface area contributed by atoms with Gasteiger partial charge in [0.25, 0.3) is 5.09 Å². The molecule has 0 aliphatic heterocycles. The van der Waals surface area contributed by atoms with Gasteiger partial charge in [-0.2, -0.15) is 0 Å². The second kappa shape index (κ2) is 10.2. The quantitative estimate of drug-likeness (QED) is 0.395. The van der Waals surface area contributed by atoms with Crippen LogP contribution in [0.3, 0.4) is 0 Å². The molecule has 0 heterocycles. The maximum Gasteiger partial charge on any atom is 0.291 e. The van der Waals surface area contributed by atoms with Crippen molar-refractivity contribution in [1.29, 1.82) is 0 Å². The lowest BCUT2D eigenvalue weighted by Gasteiger charge is -2.26. The van der Waals surface area contributed by atoms with Gasteiger partial charge in [0.05, 0.1) is 11.1 Å². The Morgan fingerprint density at radius 3 is 1.18 bits per heavy atom. The molecule has 128 valence electrons. The summed E-state index contributed by atoms with van der Waals surface area (Å²) in [5, 5.41) is 13.6. The van der Waals surface area contributed by atoms with Crippen molar-refractivity contribution in [3.8, 4) is 0 Å². The first-order chi connectivity index (χ1) is 10.3. The fourth-order valence-corrected chi connectivity index (χ4v) is 2.66. The molecule has 0 aromatic heterocycles. The molecule has 2 rings (SSSR count). The van der Waals surface area contributed by atoms with E-state index in [1.54, 1.807) is 0 Å². The van der Waals surface area contributed by atoms with Crippen molar-refractivity contribution in [2.24, 2.45) is 11.5 Å². The van der Waals surface area contributed by atoms with Crippen LogP contribution >= 0.6 is 0 Å². The number of nitrogens with two attached hydrogens (primary N) is 2. The number of rotatable bonds is 2. The fourth-order valence-electron chi connectivity index (χ4n) is 2.66. The SMILES string of the molecule is NC1(C=O)CCCCC1.NC1(C=O)CCCCC1.O=[N+]([O-])O. The summed E-state index contributed by atoms with van der Waals surface area (Å²) in [5.41, 5.74) is 10.5. The molecule has 0 bridgehead atoms. The van der Waals surface area contributed by atoms with Crippen LogP contribution in [0.15, 0.2) is 0 Å². The van der Waals surface area contributed by atoms with Gasteiger partial charge in [0.15, 0.2) is 0 Å². The van der Waals surface area contributed by atoms with Crippen molar-refractivity contribution >= 4 is 12.6 Å². The third kappa shape index (κ3) is 9.41. The number of carbonyl (C=O) groups is 2. The highest BCUT2D eigenvalue weighted by Crippen LogP contribution is 2.24. The molecular weight excluding hydrogens is 290 g/mol. The molecule has 0 radical (unpaired) electrons. The molecular formula is C14H27N3O5. The summed E-state index contributed by atoms with van der Waals surface area (Å²) in [6.07, 6.45) is 12.3. The monoisotopic (exact) mass is 317 g/mol. The van der Waals surface area contributed by atoms with E-state index >= 15 is 0 Å². The molecule has 0 saturated heterocycles. The first-order valence-electron chi connectivity index (χ1n) is 7.61. The van der Waals surface area contributed by atoms with Gasteiger partial charge in [-0.3, -0.25) is 0 Å². The molecule has 2 aliphatic carbocycles. The third-order valence-corrected chi connectivity index (χ3v) is 4.04. The normalized spacial score (nSPS) is 21.9. The van der Waals surface area contributed by atoms with Gasteiger partial charge >= 0.3 is 0 Å². The van der Waals surface area contributed by atoms with E-state index in [9.17, 15) is 9.59 Å². The summed E-state index contributed by atoms with van der Waals surface area (Å²) in [6.45, 7) is 0. The zero-order valence-corrected chi connectivity index (χ0v) is 12.9. The van der Waals surface area contributed by atoms with Crippen molar-refractivity contribution in [3.05, 3.63) is 10.1 Å². The predicted octanol–water partition coefficient (Wildman–Crippen LogP) is 1.35. The molecule has 22 heavy (non-hydrogen) atoms. The van der Waals surface area contributed by atoms with Gasteiger partial charge in [-0.05, 0) is 25.7 Å². The average molecular weight is 317 g/mol. The number of hydrogen-bond donors (Lipinski definition) is 3. The summed E-state index contributed by atoms with van der Waals surface area (Å²) in [5.74, 6) is 0. The molecule has 0 atom stereocenters. The van der Waals surface area contributed by atoms with Crippen LogP contribution in [0.5, 0.6) is 0 Å². The van der Waals surface area contributed by atoms with Gasteiger partial charge in [-0.25, -0.2) is 0 Å². The lowest BCUT2D eigenvalue weighted by Crippen LogP contribution is -2.43. The summed E-state index contributed by atoms with van der Waals surface area (Å²) in [4.78, 5) is 29.1. The molecule has 2 fully saturated rings. The molecule has 0 aromatic carbocycles. The second-order valence-electron chi connectivity index (χ2n) is 6.06. The zero-order chi connectivity index (χ0) is 17.1. The first kappa shape index (κ1) is 20.5. The van der Waals surface area contributed by atoms with Crippen molar-refractivity contribution in [2.45, 2.75) is 75.3 Å². The number of carbonyl (C=O) groups excluding carboxylic acids is 2. The Morgan fingerprint density at radius 1 is 0.818 bits per heavy atom.